The molecule has 1 amide bonds. The van der Waals surface area contributed by atoms with Gasteiger partial charge in [-0.1, -0.05) is 24.8 Å². The molecular weight excluding hydrogens is 276 g/mol. The minimum absolute atomic E-state index is 0.0429. The second kappa shape index (κ2) is 7.87. The fourth-order valence-corrected chi connectivity index (χ4v) is 3.04. The van der Waals surface area contributed by atoms with Crippen LogP contribution < -0.4 is 11.1 Å². The Morgan fingerprint density at radius 1 is 1.32 bits per heavy atom. The predicted molar refractivity (Wildman–Crippen MR) is 89.2 cm³/mol. The molecule has 1 aromatic rings. The third-order valence-electron chi connectivity index (χ3n) is 4.56. The van der Waals surface area contributed by atoms with Crippen molar-refractivity contribution in [1.82, 2.24) is 5.32 Å². The Balaban J connectivity index is 1.72. The third-order valence-corrected chi connectivity index (χ3v) is 4.56. The molecule has 0 saturated heterocycles. The Morgan fingerprint density at radius 2 is 2.00 bits per heavy atom. The average Bonchev–Trinajstić information content (AvgIpc) is 2.55. The molecule has 1 aliphatic rings. The number of benzene rings is 1. The molecule has 1 fully saturated rings. The molecule has 22 heavy (non-hydrogen) atoms. The van der Waals surface area contributed by atoms with Gasteiger partial charge in [0.05, 0.1) is 19.3 Å². The smallest absolute Gasteiger partial charge is 0.224 e. The van der Waals surface area contributed by atoms with Gasteiger partial charge >= 0.3 is 0 Å². The number of carbonyl (C=O) groups is 1. The summed E-state index contributed by atoms with van der Waals surface area (Å²) >= 11 is 0. The van der Waals surface area contributed by atoms with Gasteiger partial charge in [0, 0.05) is 18.2 Å². The van der Waals surface area contributed by atoms with Crippen LogP contribution in [0.1, 0.15) is 31.2 Å². The Bertz CT molecular complexity index is 520. The SMILES string of the molecule is C=C(OC)C1CCC(CNC(=O)Cc2ccccc2N)CC1. The van der Waals surface area contributed by atoms with Crippen molar-refractivity contribution in [3.8, 4) is 0 Å². The average molecular weight is 302 g/mol. The van der Waals surface area contributed by atoms with Crippen molar-refractivity contribution < 1.29 is 9.53 Å². The van der Waals surface area contributed by atoms with Crippen molar-refractivity contribution in [2.45, 2.75) is 32.1 Å². The number of hydrogen-bond acceptors (Lipinski definition) is 3. The molecule has 0 bridgehead atoms. The Hall–Kier alpha value is -1.97. The number of ether oxygens (including phenoxy) is 1. The lowest BCUT2D eigenvalue weighted by Crippen LogP contribution is -2.32. The second-order valence-electron chi connectivity index (χ2n) is 6.07. The number of anilines is 1. The minimum Gasteiger partial charge on any atom is -0.501 e. The number of hydrogen-bond donors (Lipinski definition) is 2. The zero-order valence-electron chi connectivity index (χ0n) is 13.3. The molecule has 0 spiro atoms. The van der Waals surface area contributed by atoms with E-state index in [0.717, 1.165) is 43.6 Å². The van der Waals surface area contributed by atoms with Gasteiger partial charge in [0.1, 0.15) is 0 Å². The summed E-state index contributed by atoms with van der Waals surface area (Å²) in [5.41, 5.74) is 7.43. The maximum Gasteiger partial charge on any atom is 0.224 e. The van der Waals surface area contributed by atoms with E-state index < -0.39 is 0 Å². The van der Waals surface area contributed by atoms with E-state index >= 15 is 0 Å². The van der Waals surface area contributed by atoms with Crippen molar-refractivity contribution >= 4 is 11.6 Å². The van der Waals surface area contributed by atoms with E-state index in [1.54, 1.807) is 7.11 Å². The summed E-state index contributed by atoms with van der Waals surface area (Å²) in [6.45, 7) is 4.70. The fourth-order valence-electron chi connectivity index (χ4n) is 3.04. The van der Waals surface area contributed by atoms with E-state index in [1.165, 1.54) is 0 Å². The van der Waals surface area contributed by atoms with Gasteiger partial charge in [-0.25, -0.2) is 0 Å². The summed E-state index contributed by atoms with van der Waals surface area (Å²) in [5.74, 6) is 1.96. The lowest BCUT2D eigenvalue weighted by atomic mass is 9.81. The van der Waals surface area contributed by atoms with E-state index in [4.69, 9.17) is 10.5 Å². The largest absolute Gasteiger partial charge is 0.501 e. The zero-order chi connectivity index (χ0) is 15.9. The van der Waals surface area contributed by atoms with E-state index in [9.17, 15) is 4.79 Å². The van der Waals surface area contributed by atoms with Gasteiger partial charge in [0.2, 0.25) is 5.91 Å². The number of methoxy groups -OCH3 is 1. The molecule has 120 valence electrons. The molecule has 4 heteroatoms. The molecule has 0 radical (unpaired) electrons. The summed E-state index contributed by atoms with van der Waals surface area (Å²) in [5, 5.41) is 3.04. The van der Waals surface area contributed by atoms with Crippen molar-refractivity contribution in [2.75, 3.05) is 19.4 Å². The Morgan fingerprint density at radius 3 is 2.64 bits per heavy atom. The topological polar surface area (TPSA) is 64.3 Å². The fraction of sp³-hybridized carbons (Fsp3) is 0.500. The molecule has 1 aliphatic carbocycles. The van der Waals surface area contributed by atoms with E-state index in [0.29, 0.717) is 23.9 Å². The normalized spacial score (nSPS) is 21.1. The molecule has 1 saturated carbocycles. The zero-order valence-corrected chi connectivity index (χ0v) is 13.3. The minimum atomic E-state index is 0.0429. The van der Waals surface area contributed by atoms with Crippen LogP contribution in [0.15, 0.2) is 36.6 Å². The molecule has 3 N–H and O–H groups in total. The summed E-state index contributed by atoms with van der Waals surface area (Å²) in [6.07, 6.45) is 4.77. The van der Waals surface area contributed by atoms with Gasteiger partial charge in [0.25, 0.3) is 0 Å². The Kier molecular flexibility index (Phi) is 5.87. The molecule has 0 unspecified atom stereocenters. The highest BCUT2D eigenvalue weighted by atomic mass is 16.5. The van der Waals surface area contributed by atoms with Crippen molar-refractivity contribution in [3.05, 3.63) is 42.2 Å². The summed E-state index contributed by atoms with van der Waals surface area (Å²) in [6, 6.07) is 7.51. The number of carbonyl (C=O) groups excluding carboxylic acids is 1. The van der Waals surface area contributed by atoms with Crippen LogP contribution in [0.5, 0.6) is 0 Å². The number of para-hydroxylation sites is 1. The summed E-state index contributed by atoms with van der Waals surface area (Å²) < 4.78 is 5.22. The molecule has 4 nitrogen and oxygen atoms in total. The van der Waals surface area contributed by atoms with Gasteiger partial charge in [-0.2, -0.15) is 0 Å². The van der Waals surface area contributed by atoms with Crippen LogP contribution in [-0.4, -0.2) is 19.6 Å². The molecular formula is C18H26N2O2. The van der Waals surface area contributed by atoms with E-state index in [2.05, 4.69) is 11.9 Å². The third kappa shape index (κ3) is 4.52. The van der Waals surface area contributed by atoms with Crippen molar-refractivity contribution in [1.29, 1.82) is 0 Å². The molecule has 0 atom stereocenters. The highest BCUT2D eigenvalue weighted by molar-refractivity contribution is 5.80. The molecule has 0 aliphatic heterocycles. The standard InChI is InChI=1S/C18H26N2O2/c1-13(22-2)15-9-7-14(8-10-15)12-20-18(21)11-16-5-3-4-6-17(16)19/h3-6,14-15H,1,7-12,19H2,2H3,(H,20,21). The van der Waals surface area contributed by atoms with E-state index in [-0.39, 0.29) is 5.91 Å². The molecule has 0 heterocycles. The molecule has 0 aromatic heterocycles. The second-order valence-corrected chi connectivity index (χ2v) is 6.07. The van der Waals surface area contributed by atoms with Gasteiger partial charge in [0.15, 0.2) is 0 Å². The first-order chi connectivity index (χ1) is 10.6. The van der Waals surface area contributed by atoms with Gasteiger partial charge < -0.3 is 15.8 Å². The number of nitrogens with two attached hydrogens (primary N) is 1. The van der Waals surface area contributed by atoms with Crippen molar-refractivity contribution in [3.63, 3.8) is 0 Å². The van der Waals surface area contributed by atoms with Crippen LogP contribution >= 0.6 is 0 Å². The van der Waals surface area contributed by atoms with Crippen LogP contribution in [0.25, 0.3) is 0 Å². The van der Waals surface area contributed by atoms with Crippen LogP contribution in [0, 0.1) is 11.8 Å². The first-order valence-electron chi connectivity index (χ1n) is 7.93. The Labute approximate surface area is 132 Å². The maximum atomic E-state index is 12.0. The number of allylic oxidation sites excluding steroid dienone is 1. The highest BCUT2D eigenvalue weighted by Crippen LogP contribution is 2.32. The van der Waals surface area contributed by atoms with Gasteiger partial charge in [-0.3, -0.25) is 4.79 Å². The van der Waals surface area contributed by atoms with E-state index in [1.807, 2.05) is 24.3 Å². The quantitative estimate of drug-likeness (QED) is 0.627. The first kappa shape index (κ1) is 16.4. The number of nitrogen functional groups attached to an aromatic ring is 1. The number of rotatable bonds is 6. The summed E-state index contributed by atoms with van der Waals surface area (Å²) in [7, 11) is 1.68. The predicted octanol–water partition coefficient (Wildman–Crippen LogP) is 2.89. The number of amides is 1. The van der Waals surface area contributed by atoms with Crippen LogP contribution in [0.2, 0.25) is 0 Å². The first-order valence-corrected chi connectivity index (χ1v) is 7.93. The molecule has 2 rings (SSSR count). The van der Waals surface area contributed by atoms with Gasteiger partial charge in [-0.05, 0) is 43.2 Å². The molecule has 1 aromatic carbocycles. The monoisotopic (exact) mass is 302 g/mol. The van der Waals surface area contributed by atoms with Crippen LogP contribution in [-0.2, 0) is 16.0 Å². The lowest BCUT2D eigenvalue weighted by Gasteiger charge is -2.29. The summed E-state index contributed by atoms with van der Waals surface area (Å²) in [4.78, 5) is 12.0. The van der Waals surface area contributed by atoms with Crippen molar-refractivity contribution in [2.24, 2.45) is 11.8 Å². The number of nitrogens with one attached hydrogen (secondary N) is 1. The maximum absolute atomic E-state index is 12.0. The van der Waals surface area contributed by atoms with Gasteiger partial charge in [-0.15, -0.1) is 0 Å². The lowest BCUT2D eigenvalue weighted by molar-refractivity contribution is -0.120. The van der Waals surface area contributed by atoms with Crippen LogP contribution in [0.4, 0.5) is 5.69 Å². The van der Waals surface area contributed by atoms with Crippen LogP contribution in [0.3, 0.4) is 0 Å². The highest BCUT2D eigenvalue weighted by Gasteiger charge is 2.23.